The fourth-order valence-electron chi connectivity index (χ4n) is 2.74. The molecule has 2 aromatic carbocycles. The summed E-state index contributed by atoms with van der Waals surface area (Å²) in [6.45, 7) is 0. The SMILES string of the molecule is CSc1ccc(C(=O)CCC(=O)OC(C(=O)NC2CC2)c2ccc(F)cc2)cc1. The third kappa shape index (κ3) is 6.15. The Morgan fingerprint density at radius 2 is 1.72 bits per heavy atom. The molecule has 0 radical (unpaired) electrons. The molecule has 0 heterocycles. The Labute approximate surface area is 173 Å². The number of ether oxygens (including phenoxy) is 1. The molecule has 0 saturated heterocycles. The standard InChI is InChI=1S/C22H22FNO4S/c1-29-18-10-4-14(5-11-18)19(25)12-13-20(26)28-21(22(27)24-17-8-9-17)15-2-6-16(23)7-3-15/h2-7,10-11,17,21H,8-9,12-13H2,1H3,(H,24,27). The zero-order valence-corrected chi connectivity index (χ0v) is 16.8. The molecule has 1 saturated carbocycles. The summed E-state index contributed by atoms with van der Waals surface area (Å²) >= 11 is 1.58. The van der Waals surface area contributed by atoms with Gasteiger partial charge in [-0.3, -0.25) is 14.4 Å². The summed E-state index contributed by atoms with van der Waals surface area (Å²) in [4.78, 5) is 38.1. The van der Waals surface area contributed by atoms with Gasteiger partial charge < -0.3 is 10.1 Å². The predicted molar refractivity (Wildman–Crippen MR) is 108 cm³/mol. The normalized spacial score (nSPS) is 14.1. The minimum absolute atomic E-state index is 0.0160. The van der Waals surface area contributed by atoms with Crippen molar-refractivity contribution in [3.63, 3.8) is 0 Å². The second kappa shape index (κ2) is 9.69. The van der Waals surface area contributed by atoms with E-state index in [4.69, 9.17) is 4.74 Å². The molecule has 7 heteroatoms. The number of amides is 1. The molecule has 1 N–H and O–H groups in total. The van der Waals surface area contributed by atoms with E-state index in [2.05, 4.69) is 5.32 Å². The van der Waals surface area contributed by atoms with Gasteiger partial charge in [0.15, 0.2) is 5.78 Å². The number of carbonyl (C=O) groups is 3. The molecule has 0 aromatic heterocycles. The number of halogens is 1. The second-order valence-electron chi connectivity index (χ2n) is 6.86. The molecular formula is C22H22FNO4S. The van der Waals surface area contributed by atoms with Gasteiger partial charge in [-0.25, -0.2) is 4.39 Å². The van der Waals surface area contributed by atoms with E-state index in [1.54, 1.807) is 23.9 Å². The van der Waals surface area contributed by atoms with Gasteiger partial charge in [-0.2, -0.15) is 0 Å². The lowest BCUT2D eigenvalue weighted by Gasteiger charge is -2.18. The van der Waals surface area contributed by atoms with Crippen LogP contribution in [0.3, 0.4) is 0 Å². The van der Waals surface area contributed by atoms with E-state index in [0.717, 1.165) is 17.7 Å². The summed E-state index contributed by atoms with van der Waals surface area (Å²) in [5.41, 5.74) is 0.911. The highest BCUT2D eigenvalue weighted by molar-refractivity contribution is 7.98. The van der Waals surface area contributed by atoms with E-state index >= 15 is 0 Å². The van der Waals surface area contributed by atoms with Crippen LogP contribution in [-0.4, -0.2) is 30.0 Å². The smallest absolute Gasteiger partial charge is 0.307 e. The van der Waals surface area contributed by atoms with E-state index < -0.39 is 23.8 Å². The van der Waals surface area contributed by atoms with Crippen molar-refractivity contribution in [1.29, 1.82) is 0 Å². The van der Waals surface area contributed by atoms with E-state index in [1.807, 2.05) is 18.4 Å². The molecule has 29 heavy (non-hydrogen) atoms. The maximum Gasteiger partial charge on any atom is 0.307 e. The summed E-state index contributed by atoms with van der Waals surface area (Å²) in [6.07, 6.45) is 2.40. The number of hydrogen-bond acceptors (Lipinski definition) is 5. The zero-order valence-electron chi connectivity index (χ0n) is 16.0. The highest BCUT2D eigenvalue weighted by atomic mass is 32.2. The fraction of sp³-hybridized carbons (Fsp3) is 0.318. The predicted octanol–water partition coefficient (Wildman–Crippen LogP) is 4.07. The van der Waals surface area contributed by atoms with Crippen molar-refractivity contribution in [2.24, 2.45) is 0 Å². The first kappa shape index (κ1) is 21.0. The van der Waals surface area contributed by atoms with Crippen molar-refractivity contribution >= 4 is 29.4 Å². The highest BCUT2D eigenvalue weighted by Gasteiger charge is 2.31. The number of ketones is 1. The number of Topliss-reactive ketones (excluding diaryl/α,β-unsaturated/α-hetero) is 1. The Hall–Kier alpha value is -2.67. The Balaban J connectivity index is 1.60. The van der Waals surface area contributed by atoms with Crippen molar-refractivity contribution in [2.75, 3.05) is 6.26 Å². The Kier molecular flexibility index (Phi) is 7.04. The monoisotopic (exact) mass is 415 g/mol. The molecule has 1 fully saturated rings. The molecule has 0 aliphatic heterocycles. The van der Waals surface area contributed by atoms with Gasteiger partial charge in [-0.05, 0) is 43.4 Å². The molecule has 0 spiro atoms. The van der Waals surface area contributed by atoms with Crippen LogP contribution in [0.1, 0.15) is 47.7 Å². The van der Waals surface area contributed by atoms with E-state index in [0.29, 0.717) is 11.1 Å². The topological polar surface area (TPSA) is 72.5 Å². The van der Waals surface area contributed by atoms with Gasteiger partial charge in [0.1, 0.15) is 5.82 Å². The van der Waals surface area contributed by atoms with Crippen molar-refractivity contribution in [2.45, 2.75) is 42.7 Å². The number of thioether (sulfide) groups is 1. The van der Waals surface area contributed by atoms with Crippen LogP contribution >= 0.6 is 11.8 Å². The largest absolute Gasteiger partial charge is 0.447 e. The number of nitrogens with one attached hydrogen (secondary N) is 1. The summed E-state index contributed by atoms with van der Waals surface area (Å²) in [5.74, 6) is -1.71. The fourth-order valence-corrected chi connectivity index (χ4v) is 3.15. The van der Waals surface area contributed by atoms with E-state index in [9.17, 15) is 18.8 Å². The van der Waals surface area contributed by atoms with Gasteiger partial charge in [0, 0.05) is 28.5 Å². The number of carbonyl (C=O) groups excluding carboxylic acids is 3. The van der Waals surface area contributed by atoms with Crippen LogP contribution in [0.25, 0.3) is 0 Å². The molecule has 3 rings (SSSR count). The molecule has 1 aliphatic carbocycles. The molecule has 1 amide bonds. The van der Waals surface area contributed by atoms with Crippen molar-refractivity contribution in [1.82, 2.24) is 5.32 Å². The van der Waals surface area contributed by atoms with Crippen molar-refractivity contribution in [3.8, 4) is 0 Å². The van der Waals surface area contributed by atoms with Gasteiger partial charge in [0.05, 0.1) is 6.42 Å². The number of benzene rings is 2. The molecule has 1 unspecified atom stereocenters. The Morgan fingerprint density at radius 3 is 2.31 bits per heavy atom. The first-order valence-electron chi connectivity index (χ1n) is 9.39. The lowest BCUT2D eigenvalue weighted by Crippen LogP contribution is -2.33. The summed E-state index contributed by atoms with van der Waals surface area (Å²) in [6, 6.07) is 12.5. The zero-order chi connectivity index (χ0) is 20.8. The van der Waals surface area contributed by atoms with Crippen molar-refractivity contribution < 1.29 is 23.5 Å². The minimum atomic E-state index is -1.17. The summed E-state index contributed by atoms with van der Waals surface area (Å²) < 4.78 is 18.6. The lowest BCUT2D eigenvalue weighted by molar-refractivity contribution is -0.156. The van der Waals surface area contributed by atoms with Gasteiger partial charge in [0.2, 0.25) is 6.10 Å². The average Bonchev–Trinajstić information content (AvgIpc) is 3.55. The van der Waals surface area contributed by atoms with E-state index in [1.165, 1.54) is 24.3 Å². The summed E-state index contributed by atoms with van der Waals surface area (Å²) in [5, 5.41) is 2.80. The quantitative estimate of drug-likeness (QED) is 0.380. The van der Waals surface area contributed by atoms with Crippen LogP contribution in [0.4, 0.5) is 4.39 Å². The van der Waals surface area contributed by atoms with Crippen LogP contribution in [-0.2, 0) is 14.3 Å². The number of hydrogen-bond donors (Lipinski definition) is 1. The third-order valence-electron chi connectivity index (χ3n) is 4.55. The van der Waals surface area contributed by atoms with Gasteiger partial charge in [-0.1, -0.05) is 24.3 Å². The first-order chi connectivity index (χ1) is 14.0. The maximum atomic E-state index is 13.2. The molecule has 5 nitrogen and oxygen atoms in total. The van der Waals surface area contributed by atoms with Crippen LogP contribution in [0.2, 0.25) is 0 Å². The van der Waals surface area contributed by atoms with Gasteiger partial charge >= 0.3 is 5.97 Å². The van der Waals surface area contributed by atoms with Crippen LogP contribution in [0.5, 0.6) is 0 Å². The molecule has 152 valence electrons. The molecule has 1 atom stereocenters. The Bertz CT molecular complexity index is 879. The van der Waals surface area contributed by atoms with E-state index in [-0.39, 0.29) is 24.7 Å². The second-order valence-corrected chi connectivity index (χ2v) is 7.74. The molecular weight excluding hydrogens is 393 g/mol. The van der Waals surface area contributed by atoms with Gasteiger partial charge in [0.25, 0.3) is 5.91 Å². The van der Waals surface area contributed by atoms with Crippen molar-refractivity contribution in [3.05, 3.63) is 65.5 Å². The third-order valence-corrected chi connectivity index (χ3v) is 5.30. The Morgan fingerprint density at radius 1 is 1.07 bits per heavy atom. The molecule has 2 aromatic rings. The maximum absolute atomic E-state index is 13.2. The van der Waals surface area contributed by atoms with Crippen LogP contribution < -0.4 is 5.32 Å². The summed E-state index contributed by atoms with van der Waals surface area (Å²) in [7, 11) is 0. The first-order valence-corrected chi connectivity index (χ1v) is 10.6. The van der Waals surface area contributed by atoms with Gasteiger partial charge in [-0.15, -0.1) is 11.8 Å². The molecule has 0 bridgehead atoms. The lowest BCUT2D eigenvalue weighted by atomic mass is 10.1. The molecule has 1 aliphatic rings. The highest BCUT2D eigenvalue weighted by Crippen LogP contribution is 2.24. The average molecular weight is 415 g/mol. The number of esters is 1. The van der Waals surface area contributed by atoms with Crippen LogP contribution in [0.15, 0.2) is 53.4 Å². The van der Waals surface area contributed by atoms with Crippen LogP contribution in [0, 0.1) is 5.82 Å². The number of rotatable bonds is 9. The minimum Gasteiger partial charge on any atom is -0.447 e.